The largest absolute Gasteiger partial charge is 0.353 e. The van der Waals surface area contributed by atoms with Gasteiger partial charge in [-0.25, -0.2) is 13.6 Å². The molecule has 0 saturated carbocycles. The van der Waals surface area contributed by atoms with Crippen molar-refractivity contribution in [2.45, 2.75) is 0 Å². The third kappa shape index (κ3) is 2.50. The molecule has 0 fully saturated rings. The van der Waals surface area contributed by atoms with Gasteiger partial charge < -0.3 is 0 Å². The zero-order valence-electron chi connectivity index (χ0n) is 6.95. The van der Waals surface area contributed by atoms with E-state index in [0.717, 1.165) is 8.84 Å². The summed E-state index contributed by atoms with van der Waals surface area (Å²) in [5, 5.41) is 0. The topological polar surface area (TPSA) is 23.6 Å². The number of amides is 2. The molecule has 0 radical (unpaired) electrons. The number of carbonyl (C=O) groups is 1. The van der Waals surface area contributed by atoms with Gasteiger partial charge in [0.2, 0.25) is 0 Å². The predicted molar refractivity (Wildman–Crippen MR) is 53.8 cm³/mol. The first-order valence-electron chi connectivity index (χ1n) is 3.57. The SMILES string of the molecule is CN(Cl)C(=O)N(Cl)c1ccccc1. The van der Waals surface area contributed by atoms with Crippen LogP contribution < -0.4 is 4.42 Å². The van der Waals surface area contributed by atoms with E-state index >= 15 is 0 Å². The van der Waals surface area contributed by atoms with Crippen LogP contribution in [0.25, 0.3) is 0 Å². The Morgan fingerprint density at radius 1 is 1.23 bits per heavy atom. The number of urea groups is 1. The van der Waals surface area contributed by atoms with Gasteiger partial charge in [-0.05, 0) is 12.1 Å². The number of halogens is 2. The highest BCUT2D eigenvalue weighted by Crippen LogP contribution is 2.17. The summed E-state index contributed by atoms with van der Waals surface area (Å²) >= 11 is 11.1. The molecule has 0 unspecified atom stereocenters. The minimum Gasteiger partial charge on any atom is -0.245 e. The van der Waals surface area contributed by atoms with Crippen molar-refractivity contribution >= 4 is 35.3 Å². The van der Waals surface area contributed by atoms with Crippen LogP contribution >= 0.6 is 23.6 Å². The number of rotatable bonds is 1. The van der Waals surface area contributed by atoms with Crippen molar-refractivity contribution in [1.29, 1.82) is 0 Å². The second-order valence-corrected chi connectivity index (χ2v) is 3.22. The molecule has 70 valence electrons. The smallest absolute Gasteiger partial charge is 0.245 e. The van der Waals surface area contributed by atoms with Crippen molar-refractivity contribution in [2.24, 2.45) is 0 Å². The van der Waals surface area contributed by atoms with Crippen LogP contribution in [0.15, 0.2) is 30.3 Å². The van der Waals surface area contributed by atoms with Crippen molar-refractivity contribution in [2.75, 3.05) is 11.5 Å². The first-order valence-corrected chi connectivity index (χ1v) is 4.25. The molecular formula is C8H8Cl2N2O. The number of anilines is 1. The van der Waals surface area contributed by atoms with Crippen molar-refractivity contribution in [3.63, 3.8) is 0 Å². The summed E-state index contributed by atoms with van der Waals surface area (Å²) in [7, 11) is 1.42. The Kier molecular flexibility index (Phi) is 3.39. The molecule has 0 atom stereocenters. The quantitative estimate of drug-likeness (QED) is 0.666. The number of hydrogen-bond acceptors (Lipinski definition) is 1. The minimum atomic E-state index is -0.491. The summed E-state index contributed by atoms with van der Waals surface area (Å²) in [6.45, 7) is 0. The lowest BCUT2D eigenvalue weighted by Crippen LogP contribution is -2.29. The van der Waals surface area contributed by atoms with Crippen LogP contribution in [0.2, 0.25) is 0 Å². The third-order valence-corrected chi connectivity index (χ3v) is 1.90. The molecule has 0 bridgehead atoms. The zero-order valence-corrected chi connectivity index (χ0v) is 8.46. The first kappa shape index (κ1) is 10.2. The standard InChI is InChI=1S/C8H8Cl2N2O/c1-11(9)8(13)12(10)7-5-3-2-4-6-7/h2-6H,1H3. The molecule has 5 heteroatoms. The van der Waals surface area contributed by atoms with E-state index in [1.165, 1.54) is 7.05 Å². The van der Waals surface area contributed by atoms with Gasteiger partial charge in [-0.3, -0.25) is 0 Å². The highest BCUT2D eigenvalue weighted by Gasteiger charge is 2.15. The highest BCUT2D eigenvalue weighted by atomic mass is 35.5. The maximum Gasteiger partial charge on any atom is 0.353 e. The summed E-state index contributed by atoms with van der Waals surface area (Å²) in [5.41, 5.74) is 0.585. The van der Waals surface area contributed by atoms with Gasteiger partial charge in [0.15, 0.2) is 0 Å². The van der Waals surface area contributed by atoms with E-state index in [-0.39, 0.29) is 0 Å². The van der Waals surface area contributed by atoms with Gasteiger partial charge in [0, 0.05) is 30.6 Å². The first-order chi connectivity index (χ1) is 6.13. The van der Waals surface area contributed by atoms with Gasteiger partial charge in [-0.1, -0.05) is 18.2 Å². The van der Waals surface area contributed by atoms with E-state index in [1.807, 2.05) is 6.07 Å². The molecule has 1 aromatic carbocycles. The molecular weight excluding hydrogens is 211 g/mol. The van der Waals surface area contributed by atoms with Crippen LogP contribution in [-0.2, 0) is 0 Å². The lowest BCUT2D eigenvalue weighted by atomic mass is 10.3. The maximum absolute atomic E-state index is 11.2. The van der Waals surface area contributed by atoms with Gasteiger partial charge >= 0.3 is 6.03 Å². The monoisotopic (exact) mass is 218 g/mol. The molecule has 0 saturated heterocycles. The second kappa shape index (κ2) is 4.35. The summed E-state index contributed by atoms with van der Waals surface area (Å²) in [5.74, 6) is 0. The molecule has 0 aliphatic heterocycles. The normalized spacial score (nSPS) is 9.46. The van der Waals surface area contributed by atoms with Gasteiger partial charge in [-0.2, -0.15) is 0 Å². The predicted octanol–water partition coefficient (Wildman–Crippen LogP) is 2.85. The summed E-state index contributed by atoms with van der Waals surface area (Å²) in [4.78, 5) is 11.2. The van der Waals surface area contributed by atoms with Crippen molar-refractivity contribution in [1.82, 2.24) is 4.42 Å². The Labute approximate surface area is 86.7 Å². The van der Waals surface area contributed by atoms with Gasteiger partial charge in [0.05, 0.1) is 5.69 Å². The summed E-state index contributed by atoms with van der Waals surface area (Å²) in [6.07, 6.45) is 0. The van der Waals surface area contributed by atoms with E-state index in [1.54, 1.807) is 24.3 Å². The Balaban J connectivity index is 2.80. The van der Waals surface area contributed by atoms with Crippen LogP contribution in [0.1, 0.15) is 0 Å². The summed E-state index contributed by atoms with van der Waals surface area (Å²) < 4.78 is 1.84. The van der Waals surface area contributed by atoms with Gasteiger partial charge in [-0.15, -0.1) is 0 Å². The molecule has 1 aromatic rings. The molecule has 0 N–H and O–H groups in total. The van der Waals surface area contributed by atoms with Crippen LogP contribution in [0.3, 0.4) is 0 Å². The highest BCUT2D eigenvalue weighted by molar-refractivity contribution is 6.39. The van der Waals surface area contributed by atoms with Gasteiger partial charge in [0.1, 0.15) is 0 Å². The molecule has 1 rings (SSSR count). The Bertz CT molecular complexity index is 289. The van der Waals surface area contributed by atoms with Gasteiger partial charge in [0.25, 0.3) is 0 Å². The van der Waals surface area contributed by atoms with E-state index in [4.69, 9.17) is 23.6 Å². The van der Waals surface area contributed by atoms with Crippen molar-refractivity contribution in [3.8, 4) is 0 Å². The fraction of sp³-hybridized carbons (Fsp3) is 0.125. The van der Waals surface area contributed by atoms with Crippen LogP contribution in [0.5, 0.6) is 0 Å². The van der Waals surface area contributed by atoms with E-state index < -0.39 is 6.03 Å². The molecule has 13 heavy (non-hydrogen) atoms. The van der Waals surface area contributed by atoms with Crippen LogP contribution in [0.4, 0.5) is 10.5 Å². The molecule has 0 heterocycles. The molecule has 2 amide bonds. The van der Waals surface area contributed by atoms with E-state index in [0.29, 0.717) is 5.69 Å². The summed E-state index contributed by atoms with van der Waals surface area (Å²) in [6, 6.07) is 8.34. The molecule has 0 aromatic heterocycles. The lowest BCUT2D eigenvalue weighted by molar-refractivity contribution is 0.239. The number of hydrogen-bond donors (Lipinski definition) is 0. The van der Waals surface area contributed by atoms with Crippen molar-refractivity contribution in [3.05, 3.63) is 30.3 Å². The fourth-order valence-corrected chi connectivity index (χ4v) is 1.13. The molecule has 0 aliphatic rings. The lowest BCUT2D eigenvalue weighted by Gasteiger charge is -2.16. The Morgan fingerprint density at radius 3 is 2.23 bits per heavy atom. The average Bonchev–Trinajstić information content (AvgIpc) is 2.17. The molecule has 3 nitrogen and oxygen atoms in total. The Hall–Kier alpha value is -0.930. The van der Waals surface area contributed by atoms with E-state index in [2.05, 4.69) is 0 Å². The third-order valence-electron chi connectivity index (χ3n) is 1.41. The number of nitrogens with zero attached hydrogens (tertiary/aromatic N) is 2. The van der Waals surface area contributed by atoms with Crippen LogP contribution in [0, 0.1) is 0 Å². The zero-order chi connectivity index (χ0) is 9.84. The minimum absolute atomic E-state index is 0.491. The number of para-hydroxylation sites is 1. The van der Waals surface area contributed by atoms with E-state index in [9.17, 15) is 4.79 Å². The average molecular weight is 219 g/mol. The molecule has 0 spiro atoms. The number of carbonyl (C=O) groups excluding carboxylic acids is 1. The molecule has 0 aliphatic carbocycles. The van der Waals surface area contributed by atoms with Crippen LogP contribution in [-0.4, -0.2) is 17.5 Å². The number of benzene rings is 1. The van der Waals surface area contributed by atoms with Crippen molar-refractivity contribution < 1.29 is 4.79 Å². The maximum atomic E-state index is 11.2. The second-order valence-electron chi connectivity index (χ2n) is 2.38. The fourth-order valence-electron chi connectivity index (χ4n) is 0.790. The Morgan fingerprint density at radius 2 is 1.77 bits per heavy atom.